The van der Waals surface area contributed by atoms with Gasteiger partial charge in [0.1, 0.15) is 5.52 Å². The molecule has 0 spiro atoms. The second kappa shape index (κ2) is 4.90. The highest BCUT2D eigenvalue weighted by molar-refractivity contribution is 7.21. The molecule has 5 nitrogen and oxygen atoms in total. The molecule has 0 atom stereocenters. The molecular weight excluding hydrogens is 272 g/mol. The summed E-state index contributed by atoms with van der Waals surface area (Å²) in [6, 6.07) is 9.29. The molecule has 3 aromatic rings. The summed E-state index contributed by atoms with van der Waals surface area (Å²) >= 11 is 1.43. The second-order valence-corrected chi connectivity index (χ2v) is 5.57. The first-order valence-electron chi connectivity index (χ1n) is 6.13. The number of carbonyl (C=O) groups excluding carboxylic acids is 1. The third-order valence-corrected chi connectivity index (χ3v) is 3.90. The van der Waals surface area contributed by atoms with Crippen molar-refractivity contribution in [2.24, 2.45) is 0 Å². The minimum absolute atomic E-state index is 0.149. The Morgan fingerprint density at radius 2 is 2.20 bits per heavy atom. The number of aryl methyl sites for hydroxylation is 1. The van der Waals surface area contributed by atoms with Crippen LogP contribution in [0.3, 0.4) is 0 Å². The fourth-order valence-corrected chi connectivity index (χ4v) is 2.78. The molecule has 2 heterocycles. The van der Waals surface area contributed by atoms with Crippen molar-refractivity contribution in [1.82, 2.24) is 0 Å². The van der Waals surface area contributed by atoms with Gasteiger partial charge in [-0.3, -0.25) is 5.73 Å². The highest BCUT2D eigenvalue weighted by atomic mass is 32.1. The zero-order chi connectivity index (χ0) is 14.1. The number of hydrogen-bond acceptors (Lipinski definition) is 3. The minimum atomic E-state index is -0.149. The van der Waals surface area contributed by atoms with E-state index in [0.717, 1.165) is 15.8 Å². The lowest BCUT2D eigenvalue weighted by Crippen LogP contribution is -2.20. The number of rotatable bonds is 2. The van der Waals surface area contributed by atoms with Gasteiger partial charge < -0.3 is 0 Å². The van der Waals surface area contributed by atoms with Gasteiger partial charge in [-0.05, 0) is 48.6 Å². The number of nitrogens with one attached hydrogen (secondary N) is 3. The lowest BCUT2D eigenvalue weighted by Gasteiger charge is -2.00. The van der Waals surface area contributed by atoms with E-state index >= 15 is 0 Å². The van der Waals surface area contributed by atoms with Crippen LogP contribution in [-0.4, -0.2) is 5.91 Å². The monoisotopic (exact) mass is 286 g/mol. The van der Waals surface area contributed by atoms with Crippen LogP contribution >= 0.6 is 11.3 Å². The highest BCUT2D eigenvalue weighted by Gasteiger charge is 2.16. The van der Waals surface area contributed by atoms with Crippen LogP contribution in [0.2, 0.25) is 0 Å². The number of aromatic nitrogens is 2. The highest BCUT2D eigenvalue weighted by Crippen LogP contribution is 2.21. The molecule has 0 aliphatic carbocycles. The number of aromatic amines is 2. The van der Waals surface area contributed by atoms with E-state index in [1.807, 2.05) is 31.2 Å². The summed E-state index contributed by atoms with van der Waals surface area (Å²) in [5.41, 5.74) is 8.24. The SMILES string of the molecule is Cc1ccc[nH+]c1NC(=O)c1ccc2[nH+]c(N)sc2c1. The Labute approximate surface area is 119 Å². The molecule has 0 unspecified atom stereocenters. The van der Waals surface area contributed by atoms with Crippen LogP contribution in [0.25, 0.3) is 10.2 Å². The van der Waals surface area contributed by atoms with Crippen molar-refractivity contribution in [2.45, 2.75) is 6.92 Å². The van der Waals surface area contributed by atoms with Gasteiger partial charge in [-0.25, -0.2) is 20.1 Å². The van der Waals surface area contributed by atoms with E-state index in [-0.39, 0.29) is 5.91 Å². The van der Waals surface area contributed by atoms with Crippen molar-refractivity contribution >= 4 is 38.4 Å². The number of H-pyrrole nitrogens is 2. The maximum atomic E-state index is 12.2. The van der Waals surface area contributed by atoms with E-state index in [1.54, 1.807) is 12.3 Å². The topological polar surface area (TPSA) is 83.4 Å². The van der Waals surface area contributed by atoms with Gasteiger partial charge in [-0.15, -0.1) is 0 Å². The third kappa shape index (κ3) is 2.33. The molecule has 5 N–H and O–H groups in total. The molecule has 3 rings (SSSR count). The Morgan fingerprint density at radius 1 is 1.35 bits per heavy atom. The van der Waals surface area contributed by atoms with Crippen molar-refractivity contribution in [3.05, 3.63) is 47.7 Å². The molecule has 0 radical (unpaired) electrons. The number of hydrogen-bond donors (Lipinski definition) is 2. The average molecular weight is 286 g/mol. The van der Waals surface area contributed by atoms with E-state index in [1.165, 1.54) is 11.3 Å². The summed E-state index contributed by atoms with van der Waals surface area (Å²) in [6.45, 7) is 1.93. The van der Waals surface area contributed by atoms with E-state index in [9.17, 15) is 4.79 Å². The van der Waals surface area contributed by atoms with Crippen molar-refractivity contribution in [3.8, 4) is 0 Å². The van der Waals surface area contributed by atoms with E-state index in [0.29, 0.717) is 16.5 Å². The lowest BCUT2D eigenvalue weighted by atomic mass is 10.2. The summed E-state index contributed by atoms with van der Waals surface area (Å²) in [4.78, 5) is 18.3. The molecule has 0 bridgehead atoms. The first-order valence-corrected chi connectivity index (χ1v) is 6.95. The molecule has 0 aliphatic rings. The van der Waals surface area contributed by atoms with Gasteiger partial charge in [-0.2, -0.15) is 0 Å². The number of carbonyl (C=O) groups is 1. The maximum Gasteiger partial charge on any atom is 0.339 e. The molecular formula is C14H14N4OS+2. The van der Waals surface area contributed by atoms with Crippen LogP contribution in [0.15, 0.2) is 36.5 Å². The van der Waals surface area contributed by atoms with Crippen LogP contribution in [-0.2, 0) is 0 Å². The molecule has 0 aliphatic heterocycles. The van der Waals surface area contributed by atoms with Gasteiger partial charge in [0.25, 0.3) is 5.82 Å². The number of nitrogen functional groups attached to an aromatic ring is 1. The molecule has 100 valence electrons. The van der Waals surface area contributed by atoms with Gasteiger partial charge in [0.15, 0.2) is 0 Å². The first-order chi connectivity index (χ1) is 9.63. The summed E-state index contributed by atoms with van der Waals surface area (Å²) in [6.07, 6.45) is 1.78. The van der Waals surface area contributed by atoms with Crippen LogP contribution in [0.1, 0.15) is 15.9 Å². The summed E-state index contributed by atoms with van der Waals surface area (Å²) < 4.78 is 0.962. The number of nitrogens with two attached hydrogens (primary N) is 1. The number of amides is 1. The Hall–Kier alpha value is -2.47. The standard InChI is InChI=1S/C14H12N4OS/c1-8-3-2-6-16-12(8)18-13(19)9-4-5-10-11(7-9)20-14(15)17-10/h2-7H,1H3,(H2,15,17)(H,16,18,19)/p+2. The van der Waals surface area contributed by atoms with Gasteiger partial charge in [0.05, 0.1) is 16.5 Å². The average Bonchev–Trinajstić information content (AvgIpc) is 2.80. The smallest absolute Gasteiger partial charge is 0.278 e. The second-order valence-electron chi connectivity index (χ2n) is 4.48. The molecule has 0 fully saturated rings. The number of pyridine rings is 1. The van der Waals surface area contributed by atoms with Crippen LogP contribution in [0.4, 0.5) is 10.9 Å². The quantitative estimate of drug-likeness (QED) is 0.751. The van der Waals surface area contributed by atoms with Crippen molar-refractivity contribution < 1.29 is 14.8 Å². The lowest BCUT2D eigenvalue weighted by molar-refractivity contribution is -0.361. The number of benzene rings is 1. The third-order valence-electron chi connectivity index (χ3n) is 3.02. The van der Waals surface area contributed by atoms with Gasteiger partial charge in [-0.1, -0.05) is 0 Å². The normalized spacial score (nSPS) is 10.7. The van der Waals surface area contributed by atoms with Crippen molar-refractivity contribution in [1.29, 1.82) is 0 Å². The van der Waals surface area contributed by atoms with Gasteiger partial charge >= 0.3 is 11.0 Å². The number of fused-ring (bicyclic) bond motifs is 1. The Morgan fingerprint density at radius 3 is 3.00 bits per heavy atom. The fourth-order valence-electron chi connectivity index (χ4n) is 1.97. The zero-order valence-corrected chi connectivity index (χ0v) is 11.7. The predicted octanol–water partition coefficient (Wildman–Crippen LogP) is 1.67. The minimum Gasteiger partial charge on any atom is -0.278 e. The molecule has 0 saturated carbocycles. The van der Waals surface area contributed by atoms with Crippen molar-refractivity contribution in [2.75, 3.05) is 11.1 Å². The molecule has 1 amide bonds. The Balaban J connectivity index is 1.90. The van der Waals surface area contributed by atoms with E-state index in [2.05, 4.69) is 15.3 Å². The largest absolute Gasteiger partial charge is 0.339 e. The van der Waals surface area contributed by atoms with E-state index < -0.39 is 0 Å². The molecule has 1 aromatic carbocycles. The Bertz CT molecular complexity index is 797. The summed E-state index contributed by atoms with van der Waals surface area (Å²) in [7, 11) is 0. The number of anilines is 2. The summed E-state index contributed by atoms with van der Waals surface area (Å²) in [5.74, 6) is 0.555. The molecule has 2 aromatic heterocycles. The Kier molecular flexibility index (Phi) is 3.08. The molecule has 20 heavy (non-hydrogen) atoms. The maximum absolute atomic E-state index is 12.2. The van der Waals surface area contributed by atoms with Crippen LogP contribution < -0.4 is 21.0 Å². The molecule has 0 saturated heterocycles. The number of thiazole rings is 1. The van der Waals surface area contributed by atoms with Crippen LogP contribution in [0.5, 0.6) is 0 Å². The summed E-state index contributed by atoms with van der Waals surface area (Å²) in [5, 5.41) is 3.50. The fraction of sp³-hybridized carbons (Fsp3) is 0.0714. The van der Waals surface area contributed by atoms with Gasteiger partial charge in [0, 0.05) is 5.56 Å². The van der Waals surface area contributed by atoms with E-state index in [4.69, 9.17) is 5.73 Å². The van der Waals surface area contributed by atoms with Crippen LogP contribution in [0, 0.1) is 6.92 Å². The van der Waals surface area contributed by atoms with Gasteiger partial charge in [0.2, 0.25) is 0 Å². The first kappa shape index (κ1) is 12.6. The van der Waals surface area contributed by atoms with Crippen molar-refractivity contribution in [3.63, 3.8) is 0 Å². The molecule has 6 heteroatoms. The predicted molar refractivity (Wildman–Crippen MR) is 78.5 cm³/mol. The zero-order valence-electron chi connectivity index (χ0n) is 10.9.